The molecule has 34 heavy (non-hydrogen) atoms. The number of para-hydroxylation sites is 1. The number of nitrogens with zero attached hydrogens (tertiary/aromatic N) is 2. The van der Waals surface area contributed by atoms with Gasteiger partial charge in [-0.15, -0.1) is 0 Å². The number of fused-ring (bicyclic) bond motifs is 3. The van der Waals surface area contributed by atoms with Gasteiger partial charge in [0.2, 0.25) is 0 Å². The number of urea groups is 1. The number of hydrogen-bond donors (Lipinski definition) is 1. The van der Waals surface area contributed by atoms with E-state index in [4.69, 9.17) is 4.74 Å². The third-order valence-corrected chi connectivity index (χ3v) is 6.00. The van der Waals surface area contributed by atoms with Crippen molar-refractivity contribution in [1.29, 1.82) is 0 Å². The van der Waals surface area contributed by atoms with Gasteiger partial charge in [-0.2, -0.15) is 0 Å². The van der Waals surface area contributed by atoms with Crippen molar-refractivity contribution in [3.63, 3.8) is 0 Å². The predicted molar refractivity (Wildman–Crippen MR) is 125 cm³/mol. The molecule has 0 saturated heterocycles. The van der Waals surface area contributed by atoms with Gasteiger partial charge >= 0.3 is 6.03 Å². The molecule has 172 valence electrons. The van der Waals surface area contributed by atoms with E-state index in [1.807, 2.05) is 71.4 Å². The molecule has 0 aliphatic carbocycles. The number of ether oxygens (including phenoxy) is 1. The van der Waals surface area contributed by atoms with Crippen molar-refractivity contribution >= 4 is 6.03 Å². The highest BCUT2D eigenvalue weighted by Crippen LogP contribution is 2.37. The van der Waals surface area contributed by atoms with Gasteiger partial charge in [0.1, 0.15) is 17.4 Å². The fourth-order valence-corrected chi connectivity index (χ4v) is 4.48. The van der Waals surface area contributed by atoms with Crippen LogP contribution >= 0.6 is 0 Å². The Hall–Kier alpha value is -4.13. The van der Waals surface area contributed by atoms with Gasteiger partial charge in [-0.25, -0.2) is 13.6 Å². The molecule has 0 fully saturated rings. The average Bonchev–Trinajstić information content (AvgIpc) is 3.26. The van der Waals surface area contributed by atoms with E-state index in [2.05, 4.69) is 5.32 Å². The van der Waals surface area contributed by atoms with Crippen molar-refractivity contribution in [1.82, 2.24) is 14.8 Å². The van der Waals surface area contributed by atoms with E-state index in [0.29, 0.717) is 11.3 Å². The lowest BCUT2D eigenvalue weighted by Gasteiger charge is -2.31. The predicted octanol–water partition coefficient (Wildman–Crippen LogP) is 5.58. The zero-order valence-electron chi connectivity index (χ0n) is 18.5. The standard InChI is InChI=1S/C27H23F2N3O2/c1-34-23-8-4-6-18(12-23)16-30-27(33)32-17-19-7-2-3-9-24(19)31-11-5-10-25(31)26(32)20-13-21(28)15-22(29)14-20/h2-15,26H,16-17H2,1H3,(H,30,33). The van der Waals surface area contributed by atoms with Gasteiger partial charge in [-0.1, -0.05) is 30.3 Å². The molecule has 5 nitrogen and oxygen atoms in total. The first-order valence-corrected chi connectivity index (χ1v) is 10.9. The second-order valence-corrected chi connectivity index (χ2v) is 8.18. The Morgan fingerprint density at radius 3 is 2.59 bits per heavy atom. The molecule has 0 saturated carbocycles. The van der Waals surface area contributed by atoms with Gasteiger partial charge in [-0.3, -0.25) is 0 Å². The van der Waals surface area contributed by atoms with Crippen molar-refractivity contribution in [2.45, 2.75) is 19.1 Å². The third-order valence-electron chi connectivity index (χ3n) is 6.00. The van der Waals surface area contributed by atoms with E-state index in [0.717, 1.165) is 28.6 Å². The molecule has 2 heterocycles. The number of halogens is 2. The lowest BCUT2D eigenvalue weighted by Crippen LogP contribution is -2.41. The number of nitrogens with one attached hydrogen (secondary N) is 1. The molecule has 5 rings (SSSR count). The van der Waals surface area contributed by atoms with Crippen LogP contribution in [0.1, 0.15) is 28.4 Å². The van der Waals surface area contributed by atoms with E-state index < -0.39 is 17.7 Å². The van der Waals surface area contributed by atoms with Crippen LogP contribution < -0.4 is 10.1 Å². The van der Waals surface area contributed by atoms with Gasteiger partial charge in [0, 0.05) is 24.5 Å². The largest absolute Gasteiger partial charge is 0.497 e. The highest BCUT2D eigenvalue weighted by atomic mass is 19.1. The number of rotatable bonds is 4. The summed E-state index contributed by atoms with van der Waals surface area (Å²) in [5.74, 6) is -0.681. The van der Waals surface area contributed by atoms with E-state index in [-0.39, 0.29) is 19.1 Å². The highest BCUT2D eigenvalue weighted by Gasteiger charge is 2.33. The lowest BCUT2D eigenvalue weighted by molar-refractivity contribution is 0.180. The molecule has 1 N–H and O–H groups in total. The summed E-state index contributed by atoms with van der Waals surface area (Å²) in [5.41, 5.74) is 3.83. The van der Waals surface area contributed by atoms with Gasteiger partial charge in [0.15, 0.2) is 0 Å². The summed E-state index contributed by atoms with van der Waals surface area (Å²) >= 11 is 0. The fraction of sp³-hybridized carbons (Fsp3) is 0.148. The molecule has 1 aromatic heterocycles. The zero-order valence-corrected chi connectivity index (χ0v) is 18.5. The van der Waals surface area contributed by atoms with Gasteiger partial charge in [0.25, 0.3) is 0 Å². The van der Waals surface area contributed by atoms with E-state index in [9.17, 15) is 13.6 Å². The Labute approximate surface area is 196 Å². The van der Waals surface area contributed by atoms with Gasteiger partial charge in [-0.05, 0) is 59.2 Å². The summed E-state index contributed by atoms with van der Waals surface area (Å²) in [4.78, 5) is 15.2. The molecule has 4 aromatic rings. The number of aromatic nitrogens is 1. The Balaban J connectivity index is 1.56. The van der Waals surface area contributed by atoms with Crippen LogP contribution in [0.5, 0.6) is 5.75 Å². The molecule has 1 unspecified atom stereocenters. The van der Waals surface area contributed by atoms with E-state index in [1.54, 1.807) is 12.0 Å². The average molecular weight is 459 g/mol. The minimum absolute atomic E-state index is 0.268. The first-order chi connectivity index (χ1) is 16.5. The second-order valence-electron chi connectivity index (χ2n) is 8.18. The van der Waals surface area contributed by atoms with Crippen LogP contribution in [0.15, 0.2) is 85.1 Å². The van der Waals surface area contributed by atoms with Gasteiger partial charge in [0.05, 0.1) is 25.4 Å². The molecular weight excluding hydrogens is 436 g/mol. The van der Waals surface area contributed by atoms with E-state index >= 15 is 0 Å². The zero-order chi connectivity index (χ0) is 23.7. The second kappa shape index (κ2) is 9.02. The number of methoxy groups -OCH3 is 1. The van der Waals surface area contributed by atoms with Crippen LogP contribution in [-0.2, 0) is 13.1 Å². The van der Waals surface area contributed by atoms with Crippen LogP contribution in [0.3, 0.4) is 0 Å². The van der Waals surface area contributed by atoms with Crippen molar-refractivity contribution in [3.05, 3.63) is 119 Å². The molecule has 0 radical (unpaired) electrons. The van der Waals surface area contributed by atoms with Crippen LogP contribution in [0, 0.1) is 11.6 Å². The summed E-state index contributed by atoms with van der Waals surface area (Å²) in [6, 6.07) is 21.3. The first kappa shape index (κ1) is 21.7. The molecule has 0 spiro atoms. The summed E-state index contributed by atoms with van der Waals surface area (Å²) in [5, 5.41) is 2.97. The number of benzene rings is 3. The fourth-order valence-electron chi connectivity index (χ4n) is 4.48. The Bertz CT molecular complexity index is 1330. The van der Waals surface area contributed by atoms with E-state index in [1.165, 1.54) is 12.1 Å². The number of carbonyl (C=O) groups excluding carboxylic acids is 1. The maximum Gasteiger partial charge on any atom is 0.318 e. The smallest absolute Gasteiger partial charge is 0.318 e. The lowest BCUT2D eigenvalue weighted by atomic mass is 10.0. The Morgan fingerprint density at radius 2 is 1.79 bits per heavy atom. The Kier molecular flexibility index (Phi) is 5.76. The third kappa shape index (κ3) is 4.12. The van der Waals surface area contributed by atoms with Crippen molar-refractivity contribution < 1.29 is 18.3 Å². The van der Waals surface area contributed by atoms with Crippen molar-refractivity contribution in [2.75, 3.05) is 7.11 Å². The van der Waals surface area contributed by atoms with Crippen LogP contribution in [0.4, 0.5) is 13.6 Å². The van der Waals surface area contributed by atoms with Gasteiger partial charge < -0.3 is 19.5 Å². The topological polar surface area (TPSA) is 46.5 Å². The summed E-state index contributed by atoms with van der Waals surface area (Å²) in [7, 11) is 1.59. The normalized spacial score (nSPS) is 14.7. The van der Waals surface area contributed by atoms with Crippen molar-refractivity contribution in [3.8, 4) is 11.4 Å². The molecule has 1 aliphatic heterocycles. The molecule has 1 aliphatic rings. The molecule has 3 aromatic carbocycles. The molecule has 0 bridgehead atoms. The Morgan fingerprint density at radius 1 is 1.00 bits per heavy atom. The number of carbonyl (C=O) groups is 1. The number of hydrogen-bond acceptors (Lipinski definition) is 2. The van der Waals surface area contributed by atoms with Crippen molar-refractivity contribution in [2.24, 2.45) is 0 Å². The molecule has 2 amide bonds. The van der Waals surface area contributed by atoms with Crippen LogP contribution in [0.2, 0.25) is 0 Å². The summed E-state index contributed by atoms with van der Waals surface area (Å²) in [6.07, 6.45) is 1.90. The monoisotopic (exact) mass is 459 g/mol. The van der Waals surface area contributed by atoms with Crippen LogP contribution in [-0.4, -0.2) is 22.6 Å². The quantitative estimate of drug-likeness (QED) is 0.433. The minimum atomic E-state index is -0.696. The molecular formula is C27H23F2N3O2. The SMILES string of the molecule is COc1cccc(CNC(=O)N2Cc3ccccc3-n3cccc3C2c2cc(F)cc(F)c2)c1. The minimum Gasteiger partial charge on any atom is -0.497 e. The maximum atomic E-state index is 14.2. The molecule has 1 atom stereocenters. The number of amides is 2. The first-order valence-electron chi connectivity index (χ1n) is 10.9. The summed E-state index contributed by atoms with van der Waals surface area (Å²) < 4.78 is 35.7. The molecule has 7 heteroatoms. The summed E-state index contributed by atoms with van der Waals surface area (Å²) in [6.45, 7) is 0.546. The van der Waals surface area contributed by atoms with Crippen LogP contribution in [0.25, 0.3) is 5.69 Å². The highest BCUT2D eigenvalue weighted by molar-refractivity contribution is 5.76. The maximum absolute atomic E-state index is 14.2.